The summed E-state index contributed by atoms with van der Waals surface area (Å²) in [6.45, 7) is 2.73. The molecule has 0 spiro atoms. The molecule has 0 aliphatic carbocycles. The molecule has 0 saturated heterocycles. The van der Waals surface area contributed by atoms with Gasteiger partial charge in [-0.15, -0.1) is 0 Å². The molecule has 0 radical (unpaired) electrons. The smallest absolute Gasteiger partial charge is 0.377 e. The third-order valence-electron chi connectivity index (χ3n) is 1.85. The van der Waals surface area contributed by atoms with Gasteiger partial charge in [0.05, 0.1) is 21.1 Å². The maximum atomic E-state index is 5.80. The molecule has 0 unspecified atom stereocenters. The number of rotatable bonds is 7. The lowest BCUT2D eigenvalue weighted by Gasteiger charge is -2.31. The molecule has 0 amide bonds. The highest BCUT2D eigenvalue weighted by atomic mass is 28.4. The maximum absolute atomic E-state index is 5.80. The van der Waals surface area contributed by atoms with Crippen LogP contribution in [0.4, 0.5) is 0 Å². The van der Waals surface area contributed by atoms with E-state index in [4.69, 9.17) is 13.3 Å². The van der Waals surface area contributed by atoms with E-state index in [0.717, 1.165) is 16.9 Å². The van der Waals surface area contributed by atoms with Crippen LogP contribution in [0.5, 0.6) is 0 Å². The van der Waals surface area contributed by atoms with Gasteiger partial charge in [-0.3, -0.25) is 0 Å². The van der Waals surface area contributed by atoms with Gasteiger partial charge in [-0.05, 0) is 0 Å². The zero-order valence-corrected chi connectivity index (χ0v) is 11.3. The van der Waals surface area contributed by atoms with Gasteiger partial charge in [-0.1, -0.05) is 13.3 Å². The first kappa shape index (κ1) is 14.1. The Morgan fingerprint density at radius 1 is 1.07 bits per heavy atom. The SMILES string of the molecule is CCC[Si](OC)(OC)OC[N+](C)(C)C. The fraction of sp³-hybridized carbons (Fsp3) is 1.00. The summed E-state index contributed by atoms with van der Waals surface area (Å²) in [5, 5.41) is 0. The van der Waals surface area contributed by atoms with Crippen molar-refractivity contribution in [2.45, 2.75) is 19.4 Å². The van der Waals surface area contributed by atoms with E-state index < -0.39 is 8.80 Å². The number of nitrogens with zero attached hydrogens (tertiary/aromatic N) is 1. The largest absolute Gasteiger partial charge is 0.504 e. The maximum Gasteiger partial charge on any atom is 0.504 e. The summed E-state index contributed by atoms with van der Waals surface area (Å²) in [6.07, 6.45) is 1.02. The van der Waals surface area contributed by atoms with Crippen molar-refractivity contribution in [1.82, 2.24) is 0 Å². The van der Waals surface area contributed by atoms with E-state index in [1.54, 1.807) is 14.2 Å². The predicted molar refractivity (Wildman–Crippen MR) is 58.9 cm³/mol. The second kappa shape index (κ2) is 5.82. The topological polar surface area (TPSA) is 27.7 Å². The van der Waals surface area contributed by atoms with E-state index in [0.29, 0.717) is 6.73 Å². The van der Waals surface area contributed by atoms with Crippen LogP contribution in [0.3, 0.4) is 0 Å². The van der Waals surface area contributed by atoms with Gasteiger partial charge in [0.15, 0.2) is 6.73 Å². The first-order chi connectivity index (χ1) is 6.39. The van der Waals surface area contributed by atoms with Gasteiger partial charge in [-0.2, -0.15) is 0 Å². The highest BCUT2D eigenvalue weighted by Crippen LogP contribution is 2.16. The average Bonchev–Trinajstić information content (AvgIpc) is 2.11. The molecule has 0 heterocycles. The minimum Gasteiger partial charge on any atom is -0.377 e. The summed E-state index contributed by atoms with van der Waals surface area (Å²) in [5.74, 6) is 0. The zero-order chi connectivity index (χ0) is 11.2. The molecular weight excluding hydrogens is 198 g/mol. The van der Waals surface area contributed by atoms with Gasteiger partial charge in [0, 0.05) is 20.3 Å². The molecule has 5 heteroatoms. The Bertz CT molecular complexity index is 155. The Balaban J connectivity index is 4.21. The average molecular weight is 222 g/mol. The quantitative estimate of drug-likeness (QED) is 0.369. The third kappa shape index (κ3) is 5.07. The summed E-state index contributed by atoms with van der Waals surface area (Å²) >= 11 is 0. The number of hydrogen-bond donors (Lipinski definition) is 0. The zero-order valence-electron chi connectivity index (χ0n) is 10.3. The van der Waals surface area contributed by atoms with Gasteiger partial charge in [0.1, 0.15) is 0 Å². The molecule has 86 valence electrons. The van der Waals surface area contributed by atoms with E-state index in [-0.39, 0.29) is 0 Å². The molecule has 0 aromatic carbocycles. The number of quaternary nitrogens is 1. The minimum absolute atomic E-state index is 0.619. The third-order valence-corrected chi connectivity index (χ3v) is 4.78. The Morgan fingerprint density at radius 2 is 1.57 bits per heavy atom. The lowest BCUT2D eigenvalue weighted by Crippen LogP contribution is -2.49. The van der Waals surface area contributed by atoms with Gasteiger partial charge < -0.3 is 17.8 Å². The molecule has 0 aromatic rings. The van der Waals surface area contributed by atoms with Crippen molar-refractivity contribution in [2.24, 2.45) is 0 Å². The molecule has 0 N–H and O–H groups in total. The Kier molecular flexibility index (Phi) is 5.85. The predicted octanol–water partition coefficient (Wildman–Crippen LogP) is 1.31. The molecule has 4 nitrogen and oxygen atoms in total. The van der Waals surface area contributed by atoms with Crippen LogP contribution in [0.15, 0.2) is 0 Å². The van der Waals surface area contributed by atoms with Crippen LogP contribution in [-0.4, -0.2) is 55.4 Å². The Hall–Kier alpha value is 0.0569. The first-order valence-corrected chi connectivity index (χ1v) is 6.87. The van der Waals surface area contributed by atoms with E-state index in [1.165, 1.54) is 0 Å². The number of hydrogen-bond acceptors (Lipinski definition) is 3. The molecule has 0 aliphatic rings. The van der Waals surface area contributed by atoms with Crippen LogP contribution in [0, 0.1) is 0 Å². The highest BCUT2D eigenvalue weighted by Gasteiger charge is 2.39. The van der Waals surface area contributed by atoms with Crippen molar-refractivity contribution in [3.63, 3.8) is 0 Å². The van der Waals surface area contributed by atoms with Gasteiger partial charge >= 0.3 is 8.80 Å². The van der Waals surface area contributed by atoms with Crippen molar-refractivity contribution in [3.05, 3.63) is 0 Å². The lowest BCUT2D eigenvalue weighted by atomic mass is 10.6. The summed E-state index contributed by atoms with van der Waals surface area (Å²) in [5.41, 5.74) is 0. The molecule has 0 rings (SSSR count). The van der Waals surface area contributed by atoms with E-state index in [2.05, 4.69) is 28.1 Å². The molecule has 0 aromatic heterocycles. The highest BCUT2D eigenvalue weighted by molar-refractivity contribution is 6.60. The van der Waals surface area contributed by atoms with E-state index >= 15 is 0 Å². The van der Waals surface area contributed by atoms with Crippen molar-refractivity contribution >= 4 is 8.80 Å². The molecule has 0 fully saturated rings. The van der Waals surface area contributed by atoms with Crippen LogP contribution >= 0.6 is 0 Å². The monoisotopic (exact) mass is 222 g/mol. The Morgan fingerprint density at radius 3 is 1.86 bits per heavy atom. The van der Waals surface area contributed by atoms with Crippen molar-refractivity contribution in [2.75, 3.05) is 42.1 Å². The van der Waals surface area contributed by atoms with Crippen molar-refractivity contribution in [3.8, 4) is 0 Å². The summed E-state index contributed by atoms with van der Waals surface area (Å²) in [4.78, 5) is 0. The van der Waals surface area contributed by atoms with Crippen LogP contribution in [0.1, 0.15) is 13.3 Å². The summed E-state index contributed by atoms with van der Waals surface area (Å²) < 4.78 is 17.4. The Labute approximate surface area is 88.7 Å². The standard InChI is InChI=1S/C9H24NO3Si/c1-7-8-14(11-5,12-6)13-9-10(2,3)4/h7-9H2,1-6H3/q+1. The second-order valence-electron chi connectivity index (χ2n) is 4.41. The van der Waals surface area contributed by atoms with Crippen LogP contribution in [0.2, 0.25) is 6.04 Å². The summed E-state index contributed by atoms with van der Waals surface area (Å²) in [7, 11) is 7.21. The summed E-state index contributed by atoms with van der Waals surface area (Å²) in [6, 6.07) is 0.875. The molecular formula is C9H24NO3Si+. The van der Waals surface area contributed by atoms with Crippen LogP contribution < -0.4 is 0 Å². The van der Waals surface area contributed by atoms with Crippen LogP contribution in [-0.2, 0) is 13.3 Å². The van der Waals surface area contributed by atoms with Gasteiger partial charge in [0.25, 0.3) is 0 Å². The second-order valence-corrected chi connectivity index (χ2v) is 7.38. The fourth-order valence-corrected chi connectivity index (χ4v) is 3.23. The normalized spacial score (nSPS) is 13.3. The molecule has 14 heavy (non-hydrogen) atoms. The molecule has 0 bridgehead atoms. The molecule has 0 saturated carbocycles. The first-order valence-electron chi connectivity index (χ1n) is 4.94. The van der Waals surface area contributed by atoms with Crippen molar-refractivity contribution < 1.29 is 17.8 Å². The lowest BCUT2D eigenvalue weighted by molar-refractivity contribution is -0.887. The van der Waals surface area contributed by atoms with Crippen LogP contribution in [0.25, 0.3) is 0 Å². The van der Waals surface area contributed by atoms with Gasteiger partial charge in [0.2, 0.25) is 0 Å². The minimum atomic E-state index is -2.37. The van der Waals surface area contributed by atoms with Crippen molar-refractivity contribution in [1.29, 1.82) is 0 Å². The molecule has 0 atom stereocenters. The van der Waals surface area contributed by atoms with E-state index in [9.17, 15) is 0 Å². The van der Waals surface area contributed by atoms with Gasteiger partial charge in [-0.25, -0.2) is 0 Å². The molecule has 0 aliphatic heterocycles. The fourth-order valence-electron chi connectivity index (χ4n) is 1.08. The van der Waals surface area contributed by atoms with E-state index in [1.807, 2.05) is 0 Å².